The van der Waals surface area contributed by atoms with E-state index < -0.39 is 0 Å². The third-order valence-electron chi connectivity index (χ3n) is 7.79. The fraction of sp³-hybridized carbons (Fsp3) is 0.536. The first-order valence-corrected chi connectivity index (χ1v) is 13.3. The van der Waals surface area contributed by atoms with Crippen LogP contribution in [0.5, 0.6) is 0 Å². The van der Waals surface area contributed by atoms with Crippen LogP contribution >= 0.6 is 0 Å². The minimum atomic E-state index is -0.245. The lowest BCUT2D eigenvalue weighted by Crippen LogP contribution is -2.47. The molecule has 4 atom stereocenters. The van der Waals surface area contributed by atoms with E-state index >= 15 is 0 Å². The summed E-state index contributed by atoms with van der Waals surface area (Å²) in [6, 6.07) is 14.8. The summed E-state index contributed by atoms with van der Waals surface area (Å²) in [5, 5.41) is 3.17. The summed E-state index contributed by atoms with van der Waals surface area (Å²) in [5.74, 6) is 0.00633. The largest absolute Gasteiger partial charge is 0.376 e. The summed E-state index contributed by atoms with van der Waals surface area (Å²) in [6.07, 6.45) is 2.80. The number of nitrogens with one attached hydrogen (secondary N) is 3. The third-order valence-corrected chi connectivity index (χ3v) is 7.79. The Morgan fingerprint density at radius 2 is 1.81 bits per heavy atom. The van der Waals surface area contributed by atoms with Gasteiger partial charge in [-0.15, -0.1) is 0 Å². The van der Waals surface area contributed by atoms with Crippen LogP contribution in [0, 0.1) is 11.7 Å². The minimum absolute atomic E-state index is 0.0600. The Bertz CT molecular complexity index is 1030. The molecule has 1 amide bonds. The van der Waals surface area contributed by atoms with Crippen LogP contribution in [0.2, 0.25) is 0 Å². The summed E-state index contributed by atoms with van der Waals surface area (Å²) in [7, 11) is 2.15. The quantitative estimate of drug-likeness (QED) is 0.447. The van der Waals surface area contributed by atoms with Crippen LogP contribution in [0.4, 0.5) is 10.1 Å². The highest BCUT2D eigenvalue weighted by molar-refractivity contribution is 5.94. The molecule has 0 bridgehead atoms. The van der Waals surface area contributed by atoms with Crippen molar-refractivity contribution in [3.8, 4) is 0 Å². The van der Waals surface area contributed by atoms with E-state index in [2.05, 4.69) is 33.0 Å². The number of rotatable bonds is 9. The Hall–Kier alpha value is -2.56. The van der Waals surface area contributed by atoms with Crippen LogP contribution in [0.15, 0.2) is 48.5 Å². The molecular weight excluding hydrogens is 473 g/mol. The van der Waals surface area contributed by atoms with Crippen molar-refractivity contribution < 1.29 is 18.7 Å². The van der Waals surface area contributed by atoms with Crippen molar-refractivity contribution in [1.82, 2.24) is 21.1 Å². The first kappa shape index (κ1) is 26.1. The number of benzene rings is 2. The minimum Gasteiger partial charge on any atom is -0.376 e. The zero-order valence-electron chi connectivity index (χ0n) is 21.5. The van der Waals surface area contributed by atoms with Crippen molar-refractivity contribution >= 4 is 11.6 Å². The van der Waals surface area contributed by atoms with E-state index in [9.17, 15) is 9.18 Å². The molecule has 1 aliphatic carbocycles. The standard InChI is InChI=1S/C28H38FN5O3/c1-33-12-14-34(15-13-33)22-8-6-20(7-9-22)28(35)30-27-24-11-10-23(18-26(24)31-32-27)37-17-16-36-19-21-4-2-3-5-25(21)29/h2-9,23-24,26-27,31-32H,10-19H2,1H3,(H,30,35). The van der Waals surface area contributed by atoms with Crippen LogP contribution in [0.3, 0.4) is 0 Å². The molecule has 3 fully saturated rings. The number of nitrogens with zero attached hydrogens (tertiary/aromatic N) is 2. The predicted molar refractivity (Wildman–Crippen MR) is 141 cm³/mol. The molecule has 2 aromatic rings. The molecule has 9 heteroatoms. The Morgan fingerprint density at radius 1 is 1.03 bits per heavy atom. The van der Waals surface area contributed by atoms with Crippen LogP contribution < -0.4 is 21.1 Å². The van der Waals surface area contributed by atoms with E-state index in [1.165, 1.54) is 11.8 Å². The zero-order chi connectivity index (χ0) is 25.6. The molecule has 5 rings (SSSR count). The lowest BCUT2D eigenvalue weighted by Gasteiger charge is -2.34. The number of carbonyl (C=O) groups excluding carboxylic acids is 1. The highest BCUT2D eigenvalue weighted by Crippen LogP contribution is 2.31. The Morgan fingerprint density at radius 3 is 2.59 bits per heavy atom. The maximum atomic E-state index is 13.7. The van der Waals surface area contributed by atoms with Gasteiger partial charge in [-0.05, 0) is 56.6 Å². The van der Waals surface area contributed by atoms with Crippen LogP contribution in [0.1, 0.15) is 35.2 Å². The predicted octanol–water partition coefficient (Wildman–Crippen LogP) is 2.51. The number of fused-ring (bicyclic) bond motifs is 1. The molecule has 0 spiro atoms. The summed E-state index contributed by atoms with van der Waals surface area (Å²) in [5.41, 5.74) is 9.03. The summed E-state index contributed by atoms with van der Waals surface area (Å²) < 4.78 is 25.3. The van der Waals surface area contributed by atoms with Crippen molar-refractivity contribution in [3.05, 3.63) is 65.5 Å². The number of amides is 1. The van der Waals surface area contributed by atoms with Crippen molar-refractivity contribution in [2.24, 2.45) is 5.92 Å². The second-order valence-electron chi connectivity index (χ2n) is 10.3. The molecular formula is C28H38FN5O3. The summed E-state index contributed by atoms with van der Waals surface area (Å²) in [6.45, 7) is 5.28. The van der Waals surface area contributed by atoms with Gasteiger partial charge >= 0.3 is 0 Å². The smallest absolute Gasteiger partial charge is 0.252 e. The van der Waals surface area contributed by atoms with Gasteiger partial charge in [-0.3, -0.25) is 10.2 Å². The van der Waals surface area contributed by atoms with Gasteiger partial charge in [0.1, 0.15) is 5.82 Å². The molecule has 3 N–H and O–H groups in total. The molecule has 0 aromatic heterocycles. The van der Waals surface area contributed by atoms with Crippen molar-refractivity contribution in [3.63, 3.8) is 0 Å². The topological polar surface area (TPSA) is 78.1 Å². The molecule has 37 heavy (non-hydrogen) atoms. The molecule has 4 unspecified atom stereocenters. The van der Waals surface area contributed by atoms with Crippen LogP contribution in [-0.4, -0.2) is 75.6 Å². The van der Waals surface area contributed by atoms with Gasteiger partial charge in [-0.25, -0.2) is 9.82 Å². The first-order valence-electron chi connectivity index (χ1n) is 13.3. The maximum absolute atomic E-state index is 13.7. The first-order chi connectivity index (χ1) is 18.1. The Kier molecular flexibility index (Phi) is 8.68. The third kappa shape index (κ3) is 6.66. The number of anilines is 1. The maximum Gasteiger partial charge on any atom is 0.252 e. The van der Waals surface area contributed by atoms with Gasteiger partial charge in [-0.1, -0.05) is 18.2 Å². The average molecular weight is 512 g/mol. The monoisotopic (exact) mass is 511 g/mol. The van der Waals surface area contributed by atoms with Crippen LogP contribution in [0.25, 0.3) is 0 Å². The van der Waals surface area contributed by atoms with E-state index in [4.69, 9.17) is 9.47 Å². The molecule has 8 nitrogen and oxygen atoms in total. The highest BCUT2D eigenvalue weighted by Gasteiger charge is 2.41. The molecule has 2 aliphatic heterocycles. The van der Waals surface area contributed by atoms with E-state index in [1.54, 1.807) is 18.2 Å². The molecule has 2 saturated heterocycles. The molecule has 2 aromatic carbocycles. The molecule has 0 radical (unpaired) electrons. The van der Waals surface area contributed by atoms with Crippen molar-refractivity contribution in [2.45, 2.75) is 44.2 Å². The van der Waals surface area contributed by atoms with E-state index in [0.717, 1.165) is 45.4 Å². The van der Waals surface area contributed by atoms with Crippen LogP contribution in [-0.2, 0) is 16.1 Å². The van der Waals surface area contributed by atoms with Gasteiger partial charge < -0.3 is 24.6 Å². The number of piperazine rings is 1. The number of hydrogen-bond acceptors (Lipinski definition) is 7. The van der Waals surface area contributed by atoms with Gasteiger partial charge in [0, 0.05) is 55.0 Å². The SMILES string of the molecule is CN1CCN(c2ccc(C(=O)NC3NNC4CC(OCCOCc5ccccc5F)CCC43)cc2)CC1. The molecule has 2 heterocycles. The average Bonchev–Trinajstić information content (AvgIpc) is 3.32. The van der Waals surface area contributed by atoms with Gasteiger partial charge in [0.25, 0.3) is 5.91 Å². The Balaban J connectivity index is 1.03. The van der Waals surface area contributed by atoms with E-state index in [-0.39, 0.29) is 36.6 Å². The fourth-order valence-electron chi connectivity index (χ4n) is 5.50. The second kappa shape index (κ2) is 12.3. The summed E-state index contributed by atoms with van der Waals surface area (Å²) in [4.78, 5) is 17.6. The second-order valence-corrected chi connectivity index (χ2v) is 10.3. The van der Waals surface area contributed by atoms with E-state index in [0.29, 0.717) is 30.3 Å². The number of ether oxygens (including phenoxy) is 2. The van der Waals surface area contributed by atoms with Gasteiger partial charge in [0.05, 0.1) is 32.1 Å². The number of hydrazine groups is 1. The lowest BCUT2D eigenvalue weighted by atomic mass is 9.82. The molecule has 3 aliphatic rings. The summed E-state index contributed by atoms with van der Waals surface area (Å²) >= 11 is 0. The molecule has 200 valence electrons. The van der Waals surface area contributed by atoms with Crippen molar-refractivity contribution in [1.29, 1.82) is 0 Å². The highest BCUT2D eigenvalue weighted by atomic mass is 19.1. The van der Waals surface area contributed by atoms with Gasteiger partial charge in [0.15, 0.2) is 0 Å². The Labute approximate surface area is 218 Å². The fourth-order valence-corrected chi connectivity index (χ4v) is 5.50. The zero-order valence-corrected chi connectivity index (χ0v) is 21.5. The van der Waals surface area contributed by atoms with Crippen molar-refractivity contribution in [2.75, 3.05) is 51.3 Å². The van der Waals surface area contributed by atoms with Gasteiger partial charge in [0.2, 0.25) is 0 Å². The molecule has 1 saturated carbocycles. The normalized spacial score (nSPS) is 26.2. The number of hydrogen-bond donors (Lipinski definition) is 3. The number of likely N-dealkylation sites (N-methyl/N-ethyl adjacent to an activating group) is 1. The lowest BCUT2D eigenvalue weighted by molar-refractivity contribution is -0.0242. The van der Waals surface area contributed by atoms with E-state index in [1.807, 2.05) is 24.3 Å². The number of carbonyl (C=O) groups is 1. The van der Waals surface area contributed by atoms with Gasteiger partial charge in [-0.2, -0.15) is 0 Å². The number of halogens is 1.